The Bertz CT molecular complexity index is 428. The molecule has 10 heteroatoms. The van der Waals surface area contributed by atoms with E-state index in [1.165, 1.54) is 0 Å². The molecular formula is C6H6ClF3N2O3S. The van der Waals surface area contributed by atoms with Crippen LogP contribution in [0.15, 0.2) is 18.5 Å². The predicted molar refractivity (Wildman–Crippen MR) is 46.2 cm³/mol. The van der Waals surface area contributed by atoms with Crippen LogP contribution < -0.4 is 4.57 Å². The first-order chi connectivity index (χ1) is 7.05. The lowest BCUT2D eigenvalue weighted by atomic mass is 10.7. The van der Waals surface area contributed by atoms with Gasteiger partial charge in [-0.1, -0.05) is 0 Å². The number of aryl methyl sites for hydroxylation is 1. The molecule has 0 saturated carbocycles. The SMILES string of the molecule is C[n+]1cccnc1Cl.O=S(=O)([O-])C(F)(F)F. The Labute approximate surface area is 94.2 Å². The summed E-state index contributed by atoms with van der Waals surface area (Å²) in [6, 6.07) is 1.83. The van der Waals surface area contributed by atoms with Crippen molar-refractivity contribution < 1.29 is 30.7 Å². The normalized spacial score (nSPS) is 11.6. The summed E-state index contributed by atoms with van der Waals surface area (Å²) < 4.78 is 60.6. The molecular weight excluding hydrogens is 273 g/mol. The Morgan fingerprint density at radius 3 is 2.12 bits per heavy atom. The molecule has 92 valence electrons. The van der Waals surface area contributed by atoms with E-state index in [1.54, 1.807) is 10.8 Å². The summed E-state index contributed by atoms with van der Waals surface area (Å²) in [5.41, 5.74) is -5.65. The van der Waals surface area contributed by atoms with Crippen molar-refractivity contribution in [2.45, 2.75) is 5.51 Å². The van der Waals surface area contributed by atoms with Gasteiger partial charge in [-0.25, -0.2) is 13.0 Å². The highest BCUT2D eigenvalue weighted by atomic mass is 35.5. The van der Waals surface area contributed by atoms with Crippen LogP contribution in [0.4, 0.5) is 13.2 Å². The largest absolute Gasteiger partial charge is 0.741 e. The lowest BCUT2D eigenvalue weighted by molar-refractivity contribution is -0.672. The molecule has 16 heavy (non-hydrogen) atoms. The molecule has 1 heterocycles. The average Bonchev–Trinajstić information content (AvgIpc) is 2.08. The van der Waals surface area contributed by atoms with Crippen molar-refractivity contribution >= 4 is 21.7 Å². The number of aromatic nitrogens is 2. The van der Waals surface area contributed by atoms with Gasteiger partial charge in [-0.2, -0.15) is 13.2 Å². The number of hydrogen-bond donors (Lipinski definition) is 0. The number of alkyl halides is 3. The van der Waals surface area contributed by atoms with E-state index in [2.05, 4.69) is 4.98 Å². The monoisotopic (exact) mass is 278 g/mol. The molecule has 0 aliphatic carbocycles. The predicted octanol–water partition coefficient (Wildman–Crippen LogP) is 0.611. The highest BCUT2D eigenvalue weighted by Gasteiger charge is 2.36. The molecule has 1 aromatic heterocycles. The highest BCUT2D eigenvalue weighted by molar-refractivity contribution is 7.86. The van der Waals surface area contributed by atoms with Gasteiger partial charge in [-0.05, 0) is 4.98 Å². The third-order valence-electron chi connectivity index (χ3n) is 1.15. The fraction of sp³-hybridized carbons (Fsp3) is 0.333. The minimum Gasteiger partial charge on any atom is -0.741 e. The quantitative estimate of drug-likeness (QED) is 0.302. The fourth-order valence-electron chi connectivity index (χ4n) is 0.425. The Balaban J connectivity index is 0.000000281. The standard InChI is InChI=1S/C5H6ClN2.CHF3O3S/c1-8-4-2-3-7-5(8)6;2-1(3,4)8(5,6)7/h2-4H,1H3;(H,5,6,7)/q+1;/p-1. The molecule has 0 aromatic carbocycles. The van der Waals surface area contributed by atoms with Gasteiger partial charge in [-0.3, -0.25) is 0 Å². The summed E-state index contributed by atoms with van der Waals surface area (Å²) in [6.45, 7) is 0. The second-order valence-electron chi connectivity index (χ2n) is 2.40. The van der Waals surface area contributed by atoms with Crippen LogP contribution in [0.2, 0.25) is 5.28 Å². The van der Waals surface area contributed by atoms with Crippen molar-refractivity contribution in [2.24, 2.45) is 7.05 Å². The molecule has 0 bridgehead atoms. The van der Waals surface area contributed by atoms with E-state index >= 15 is 0 Å². The van der Waals surface area contributed by atoms with E-state index in [-0.39, 0.29) is 0 Å². The Hall–Kier alpha value is -0.930. The number of rotatable bonds is 0. The minimum atomic E-state index is -6.09. The van der Waals surface area contributed by atoms with Crippen molar-refractivity contribution in [3.05, 3.63) is 23.7 Å². The van der Waals surface area contributed by atoms with Gasteiger partial charge in [0.05, 0.1) is 13.2 Å². The fourth-order valence-corrected chi connectivity index (χ4v) is 0.537. The molecule has 0 aliphatic rings. The zero-order valence-electron chi connectivity index (χ0n) is 7.77. The molecule has 0 unspecified atom stereocenters. The van der Waals surface area contributed by atoms with Gasteiger partial charge in [0.15, 0.2) is 10.1 Å². The molecule has 0 radical (unpaired) electrons. The summed E-state index contributed by atoms with van der Waals surface area (Å²) in [7, 11) is -4.25. The second-order valence-corrected chi connectivity index (χ2v) is 4.11. The zero-order chi connectivity index (χ0) is 13.0. The van der Waals surface area contributed by atoms with Gasteiger partial charge in [0.2, 0.25) is 0 Å². The van der Waals surface area contributed by atoms with Crippen LogP contribution in [-0.2, 0) is 17.2 Å². The molecule has 5 nitrogen and oxygen atoms in total. The summed E-state index contributed by atoms with van der Waals surface area (Å²) in [6.07, 6.45) is 3.50. The van der Waals surface area contributed by atoms with E-state index in [1.807, 2.05) is 19.3 Å². The summed E-state index contributed by atoms with van der Waals surface area (Å²) >= 11 is 5.56. The molecule has 1 aromatic rings. The van der Waals surface area contributed by atoms with Gasteiger partial charge in [0.25, 0.3) is 0 Å². The summed E-state index contributed by atoms with van der Waals surface area (Å²) in [4.78, 5) is 3.81. The van der Waals surface area contributed by atoms with E-state index in [4.69, 9.17) is 24.6 Å². The summed E-state index contributed by atoms with van der Waals surface area (Å²) in [5, 5.41) is 0.507. The molecule has 0 spiro atoms. The number of nitrogens with zero attached hydrogens (tertiary/aromatic N) is 2. The Morgan fingerprint density at radius 2 is 1.94 bits per heavy atom. The lowest BCUT2D eigenvalue weighted by Crippen LogP contribution is -2.29. The average molecular weight is 279 g/mol. The first-order valence-corrected chi connectivity index (χ1v) is 5.32. The van der Waals surface area contributed by atoms with Crippen LogP contribution in [0, 0.1) is 0 Å². The van der Waals surface area contributed by atoms with Crippen LogP contribution in [0.3, 0.4) is 0 Å². The van der Waals surface area contributed by atoms with Gasteiger partial charge in [0.1, 0.15) is 6.20 Å². The van der Waals surface area contributed by atoms with Gasteiger partial charge < -0.3 is 4.55 Å². The molecule has 0 amide bonds. The third kappa shape index (κ3) is 5.24. The van der Waals surface area contributed by atoms with Crippen LogP contribution in [0.25, 0.3) is 0 Å². The van der Waals surface area contributed by atoms with Crippen molar-refractivity contribution in [3.63, 3.8) is 0 Å². The van der Waals surface area contributed by atoms with Gasteiger partial charge >= 0.3 is 10.8 Å². The molecule has 1 rings (SSSR count). The van der Waals surface area contributed by atoms with Crippen LogP contribution in [0.5, 0.6) is 0 Å². The lowest BCUT2D eigenvalue weighted by Gasteiger charge is -2.08. The van der Waals surface area contributed by atoms with E-state index in [0.29, 0.717) is 5.28 Å². The zero-order valence-corrected chi connectivity index (χ0v) is 9.34. The third-order valence-corrected chi connectivity index (χ3v) is 2.08. The highest BCUT2D eigenvalue weighted by Crippen LogP contribution is 2.20. The van der Waals surface area contributed by atoms with Crippen molar-refractivity contribution in [2.75, 3.05) is 0 Å². The van der Waals surface area contributed by atoms with Crippen LogP contribution >= 0.6 is 11.6 Å². The van der Waals surface area contributed by atoms with Gasteiger partial charge in [-0.15, -0.1) is 0 Å². The molecule has 0 saturated heterocycles. The van der Waals surface area contributed by atoms with Crippen LogP contribution in [-0.4, -0.2) is 23.5 Å². The maximum absolute atomic E-state index is 10.7. The molecule has 0 aliphatic heterocycles. The summed E-state index contributed by atoms with van der Waals surface area (Å²) in [5.74, 6) is 0. The minimum absolute atomic E-state index is 0.507. The number of hydrogen-bond acceptors (Lipinski definition) is 4. The van der Waals surface area contributed by atoms with Crippen LogP contribution in [0.1, 0.15) is 0 Å². The number of halogens is 4. The second kappa shape index (κ2) is 5.41. The van der Waals surface area contributed by atoms with Gasteiger partial charge in [0, 0.05) is 17.7 Å². The van der Waals surface area contributed by atoms with E-state index < -0.39 is 15.6 Å². The maximum atomic E-state index is 10.7. The van der Waals surface area contributed by atoms with Crippen molar-refractivity contribution in [3.8, 4) is 0 Å². The Kier molecular flexibility index (Phi) is 5.10. The van der Waals surface area contributed by atoms with E-state index in [0.717, 1.165) is 0 Å². The molecule has 0 N–H and O–H groups in total. The topological polar surface area (TPSA) is 74.0 Å². The van der Waals surface area contributed by atoms with E-state index in [9.17, 15) is 13.2 Å². The first kappa shape index (κ1) is 15.1. The first-order valence-electron chi connectivity index (χ1n) is 3.54. The van der Waals surface area contributed by atoms with Crippen molar-refractivity contribution in [1.29, 1.82) is 0 Å². The van der Waals surface area contributed by atoms with Crippen molar-refractivity contribution in [1.82, 2.24) is 4.98 Å². The smallest absolute Gasteiger partial charge is 0.485 e. The molecule has 0 atom stereocenters. The molecule has 0 fully saturated rings. The Morgan fingerprint density at radius 1 is 1.50 bits per heavy atom. The maximum Gasteiger partial charge on any atom is 0.485 e.